The molecule has 1 fully saturated rings. The Hall–Kier alpha value is -1.46. The van der Waals surface area contributed by atoms with Gasteiger partial charge in [0.1, 0.15) is 5.82 Å². The largest absolute Gasteiger partial charge is 0.381 e. The quantitative estimate of drug-likeness (QED) is 0.864. The van der Waals surface area contributed by atoms with E-state index in [4.69, 9.17) is 4.74 Å². The van der Waals surface area contributed by atoms with Crippen molar-refractivity contribution in [3.63, 3.8) is 0 Å². The average molecular weight is 280 g/mol. The van der Waals surface area contributed by atoms with Crippen molar-refractivity contribution in [1.82, 2.24) is 10.6 Å². The number of hydrogen-bond donors (Lipinski definition) is 2. The van der Waals surface area contributed by atoms with Gasteiger partial charge in [0.25, 0.3) is 0 Å². The van der Waals surface area contributed by atoms with Gasteiger partial charge in [0, 0.05) is 25.3 Å². The Balaban J connectivity index is 1.73. The molecule has 0 saturated carbocycles. The second-order valence-corrected chi connectivity index (χ2v) is 5.11. The third kappa shape index (κ3) is 4.58. The molecule has 0 spiro atoms. The molecule has 0 bridgehead atoms. The minimum Gasteiger partial charge on any atom is -0.381 e. The number of hydrogen-bond acceptors (Lipinski definition) is 3. The van der Waals surface area contributed by atoms with Gasteiger partial charge in [-0.25, -0.2) is 4.39 Å². The summed E-state index contributed by atoms with van der Waals surface area (Å²) in [5, 5.41) is 6.14. The fourth-order valence-corrected chi connectivity index (χ4v) is 2.24. The summed E-state index contributed by atoms with van der Waals surface area (Å²) in [6, 6.07) is 6.54. The molecule has 2 N–H and O–H groups in total. The lowest BCUT2D eigenvalue weighted by atomic mass is 10.1. The van der Waals surface area contributed by atoms with Gasteiger partial charge in [-0.2, -0.15) is 0 Å². The number of ether oxygens (including phenoxy) is 1. The first-order chi connectivity index (χ1) is 9.65. The maximum absolute atomic E-state index is 12.8. The first kappa shape index (κ1) is 14.9. The normalized spacial score (nSPS) is 17.7. The van der Waals surface area contributed by atoms with E-state index in [0.29, 0.717) is 13.2 Å². The van der Waals surface area contributed by atoms with Crippen LogP contribution in [0.1, 0.15) is 31.4 Å². The molecule has 0 unspecified atom stereocenters. The van der Waals surface area contributed by atoms with Crippen LogP contribution in [0.5, 0.6) is 0 Å². The van der Waals surface area contributed by atoms with Gasteiger partial charge in [-0.05, 0) is 37.5 Å². The molecule has 1 aliphatic heterocycles. The van der Waals surface area contributed by atoms with Gasteiger partial charge < -0.3 is 15.4 Å². The zero-order valence-electron chi connectivity index (χ0n) is 11.7. The van der Waals surface area contributed by atoms with E-state index in [1.54, 1.807) is 12.1 Å². The summed E-state index contributed by atoms with van der Waals surface area (Å²) in [7, 11) is 0. The molecule has 0 aromatic heterocycles. The molecule has 1 amide bonds. The molecule has 0 aliphatic carbocycles. The summed E-state index contributed by atoms with van der Waals surface area (Å²) in [6.45, 7) is 3.64. The smallest absolute Gasteiger partial charge is 0.234 e. The monoisotopic (exact) mass is 280 g/mol. The van der Waals surface area contributed by atoms with Crippen molar-refractivity contribution in [3.05, 3.63) is 35.6 Å². The van der Waals surface area contributed by atoms with E-state index in [9.17, 15) is 9.18 Å². The van der Waals surface area contributed by atoms with E-state index in [-0.39, 0.29) is 30.4 Å². The number of rotatable bonds is 5. The standard InChI is InChI=1S/C15H21FN2O2/c1-11(12-2-4-13(16)5-3-12)17-10-15(19)18-14-6-8-20-9-7-14/h2-5,11,14,17H,6-10H2,1H3,(H,18,19)/t11-/m1/s1. The predicted molar refractivity (Wildman–Crippen MR) is 74.8 cm³/mol. The van der Waals surface area contributed by atoms with Crippen LogP contribution in [0.25, 0.3) is 0 Å². The molecule has 1 aliphatic rings. The van der Waals surface area contributed by atoms with Crippen LogP contribution >= 0.6 is 0 Å². The molecule has 20 heavy (non-hydrogen) atoms. The third-order valence-electron chi connectivity index (χ3n) is 3.53. The van der Waals surface area contributed by atoms with Crippen LogP contribution in [0.15, 0.2) is 24.3 Å². The lowest BCUT2D eigenvalue weighted by molar-refractivity contribution is -0.121. The maximum atomic E-state index is 12.8. The van der Waals surface area contributed by atoms with E-state index >= 15 is 0 Å². The van der Waals surface area contributed by atoms with Crippen LogP contribution in [0.3, 0.4) is 0 Å². The van der Waals surface area contributed by atoms with Gasteiger partial charge in [0.05, 0.1) is 6.54 Å². The molecule has 1 saturated heterocycles. The van der Waals surface area contributed by atoms with Crippen molar-refractivity contribution in [1.29, 1.82) is 0 Å². The molecule has 1 aromatic rings. The van der Waals surface area contributed by atoms with E-state index in [1.807, 2.05) is 6.92 Å². The van der Waals surface area contributed by atoms with Crippen LogP contribution in [0, 0.1) is 5.82 Å². The summed E-state index contributed by atoms with van der Waals surface area (Å²) >= 11 is 0. The fourth-order valence-electron chi connectivity index (χ4n) is 2.24. The molecule has 0 radical (unpaired) electrons. The highest BCUT2D eigenvalue weighted by molar-refractivity contribution is 5.78. The Labute approximate surface area is 118 Å². The van der Waals surface area contributed by atoms with Gasteiger partial charge in [0.15, 0.2) is 0 Å². The number of halogens is 1. The Morgan fingerprint density at radius 2 is 2.00 bits per heavy atom. The second-order valence-electron chi connectivity index (χ2n) is 5.11. The maximum Gasteiger partial charge on any atom is 0.234 e. The Kier molecular flexibility index (Phi) is 5.49. The lowest BCUT2D eigenvalue weighted by Crippen LogP contribution is -2.43. The van der Waals surface area contributed by atoms with Crippen molar-refractivity contribution < 1.29 is 13.9 Å². The van der Waals surface area contributed by atoms with E-state index in [1.165, 1.54) is 12.1 Å². The first-order valence-corrected chi connectivity index (χ1v) is 7.01. The molecule has 1 aromatic carbocycles. The summed E-state index contributed by atoms with van der Waals surface area (Å²) in [4.78, 5) is 11.8. The topological polar surface area (TPSA) is 50.4 Å². The highest BCUT2D eigenvalue weighted by Gasteiger charge is 2.16. The van der Waals surface area contributed by atoms with Crippen molar-refractivity contribution in [3.8, 4) is 0 Å². The number of carbonyl (C=O) groups excluding carboxylic acids is 1. The summed E-state index contributed by atoms with van der Waals surface area (Å²) in [5.74, 6) is -0.260. The zero-order valence-corrected chi connectivity index (χ0v) is 11.7. The Morgan fingerprint density at radius 3 is 2.65 bits per heavy atom. The van der Waals surface area contributed by atoms with E-state index in [0.717, 1.165) is 18.4 Å². The summed E-state index contributed by atoms with van der Waals surface area (Å²) < 4.78 is 18.1. The van der Waals surface area contributed by atoms with Crippen LogP contribution in [-0.4, -0.2) is 31.7 Å². The molecular formula is C15H21FN2O2. The number of benzene rings is 1. The average Bonchev–Trinajstić information content (AvgIpc) is 2.46. The molecule has 4 nitrogen and oxygen atoms in total. The van der Waals surface area contributed by atoms with Gasteiger partial charge in [-0.15, -0.1) is 0 Å². The van der Waals surface area contributed by atoms with Crippen molar-refractivity contribution in [2.75, 3.05) is 19.8 Å². The Bertz CT molecular complexity index is 430. The molecule has 110 valence electrons. The fraction of sp³-hybridized carbons (Fsp3) is 0.533. The number of nitrogens with one attached hydrogen (secondary N) is 2. The highest BCUT2D eigenvalue weighted by Crippen LogP contribution is 2.12. The van der Waals surface area contributed by atoms with Crippen molar-refractivity contribution in [2.45, 2.75) is 31.8 Å². The van der Waals surface area contributed by atoms with Crippen molar-refractivity contribution in [2.24, 2.45) is 0 Å². The molecule has 1 atom stereocenters. The SMILES string of the molecule is C[C@@H](NCC(=O)NC1CCOCC1)c1ccc(F)cc1. The zero-order chi connectivity index (χ0) is 14.4. The van der Waals surface area contributed by atoms with Crippen LogP contribution in [0.2, 0.25) is 0 Å². The van der Waals surface area contributed by atoms with Gasteiger partial charge in [-0.3, -0.25) is 4.79 Å². The van der Waals surface area contributed by atoms with E-state index < -0.39 is 0 Å². The van der Waals surface area contributed by atoms with Gasteiger partial charge in [-0.1, -0.05) is 12.1 Å². The lowest BCUT2D eigenvalue weighted by Gasteiger charge is -2.23. The predicted octanol–water partition coefficient (Wildman–Crippen LogP) is 1.77. The minimum absolute atomic E-state index is 0.00846. The van der Waals surface area contributed by atoms with Gasteiger partial charge >= 0.3 is 0 Å². The highest BCUT2D eigenvalue weighted by atomic mass is 19.1. The number of carbonyl (C=O) groups is 1. The summed E-state index contributed by atoms with van der Waals surface area (Å²) in [5.41, 5.74) is 0.963. The van der Waals surface area contributed by atoms with Crippen LogP contribution in [-0.2, 0) is 9.53 Å². The van der Waals surface area contributed by atoms with Crippen molar-refractivity contribution >= 4 is 5.91 Å². The Morgan fingerprint density at radius 1 is 1.35 bits per heavy atom. The first-order valence-electron chi connectivity index (χ1n) is 7.01. The molecule has 1 heterocycles. The van der Waals surface area contributed by atoms with E-state index in [2.05, 4.69) is 10.6 Å². The van der Waals surface area contributed by atoms with Gasteiger partial charge in [0.2, 0.25) is 5.91 Å². The number of amides is 1. The minimum atomic E-state index is -0.252. The molecule has 2 rings (SSSR count). The van der Waals surface area contributed by atoms with Crippen LogP contribution in [0.4, 0.5) is 4.39 Å². The second kappa shape index (κ2) is 7.36. The third-order valence-corrected chi connectivity index (χ3v) is 3.53. The molecule has 5 heteroatoms. The summed E-state index contributed by atoms with van der Waals surface area (Å²) in [6.07, 6.45) is 1.75. The van der Waals surface area contributed by atoms with Crippen LogP contribution < -0.4 is 10.6 Å². The molecular weight excluding hydrogens is 259 g/mol.